The van der Waals surface area contributed by atoms with Crippen molar-refractivity contribution in [3.8, 4) is 0 Å². The predicted molar refractivity (Wildman–Crippen MR) is 69.6 cm³/mol. The molecular weight excluding hydrogens is 216 g/mol. The molecule has 1 saturated heterocycles. The first-order chi connectivity index (χ1) is 8.19. The molecule has 17 heavy (non-hydrogen) atoms. The van der Waals surface area contributed by atoms with Gasteiger partial charge in [0, 0.05) is 19.3 Å². The SMILES string of the molecule is CCOC(C(C)C)C(CCC1CCCO1)NN. The molecule has 3 atom stereocenters. The number of nitrogens with one attached hydrogen (secondary N) is 1. The zero-order valence-electron chi connectivity index (χ0n) is 11.4. The van der Waals surface area contributed by atoms with Gasteiger partial charge in [-0.15, -0.1) is 0 Å². The third kappa shape index (κ3) is 4.92. The van der Waals surface area contributed by atoms with Crippen LogP contribution in [0.3, 0.4) is 0 Å². The molecule has 1 heterocycles. The highest BCUT2D eigenvalue weighted by molar-refractivity contribution is 4.80. The lowest BCUT2D eigenvalue weighted by atomic mass is 9.94. The zero-order chi connectivity index (χ0) is 12.7. The third-order valence-electron chi connectivity index (χ3n) is 3.45. The molecule has 0 radical (unpaired) electrons. The standard InChI is InChI=1S/C13H28N2O2/c1-4-16-13(10(2)3)12(15-14)8-7-11-6-5-9-17-11/h10-13,15H,4-9,14H2,1-3H3. The molecule has 0 bridgehead atoms. The van der Waals surface area contributed by atoms with Gasteiger partial charge in [0.15, 0.2) is 0 Å². The van der Waals surface area contributed by atoms with Gasteiger partial charge in [-0.3, -0.25) is 11.3 Å². The summed E-state index contributed by atoms with van der Waals surface area (Å²) in [4.78, 5) is 0. The second-order valence-corrected chi connectivity index (χ2v) is 5.15. The van der Waals surface area contributed by atoms with Gasteiger partial charge in [-0.2, -0.15) is 0 Å². The maximum Gasteiger partial charge on any atom is 0.0764 e. The second-order valence-electron chi connectivity index (χ2n) is 5.15. The van der Waals surface area contributed by atoms with Crippen LogP contribution in [-0.2, 0) is 9.47 Å². The number of ether oxygens (including phenoxy) is 2. The van der Waals surface area contributed by atoms with Gasteiger partial charge in [0.05, 0.1) is 12.2 Å². The second kappa shape index (κ2) is 8.03. The van der Waals surface area contributed by atoms with Crippen LogP contribution in [0.5, 0.6) is 0 Å². The summed E-state index contributed by atoms with van der Waals surface area (Å²) in [7, 11) is 0. The minimum Gasteiger partial charge on any atom is -0.378 e. The van der Waals surface area contributed by atoms with Crippen molar-refractivity contribution < 1.29 is 9.47 Å². The van der Waals surface area contributed by atoms with Gasteiger partial charge < -0.3 is 9.47 Å². The minimum atomic E-state index is 0.186. The third-order valence-corrected chi connectivity index (χ3v) is 3.45. The van der Waals surface area contributed by atoms with Gasteiger partial charge in [-0.05, 0) is 38.5 Å². The molecule has 0 saturated carbocycles. The van der Waals surface area contributed by atoms with E-state index in [2.05, 4.69) is 19.3 Å². The molecule has 4 nitrogen and oxygen atoms in total. The molecule has 0 amide bonds. The number of hydrogen-bond donors (Lipinski definition) is 2. The van der Waals surface area contributed by atoms with E-state index in [0.717, 1.165) is 26.1 Å². The smallest absolute Gasteiger partial charge is 0.0764 e. The van der Waals surface area contributed by atoms with Gasteiger partial charge in [0.25, 0.3) is 0 Å². The number of hydrazine groups is 1. The highest BCUT2D eigenvalue weighted by Gasteiger charge is 2.25. The van der Waals surface area contributed by atoms with E-state index in [0.29, 0.717) is 12.0 Å². The van der Waals surface area contributed by atoms with Crippen LogP contribution in [0.25, 0.3) is 0 Å². The highest BCUT2D eigenvalue weighted by Crippen LogP contribution is 2.21. The molecule has 102 valence electrons. The summed E-state index contributed by atoms with van der Waals surface area (Å²) < 4.78 is 11.4. The maximum absolute atomic E-state index is 5.79. The molecular formula is C13H28N2O2. The van der Waals surface area contributed by atoms with Crippen LogP contribution >= 0.6 is 0 Å². The number of rotatable bonds is 8. The summed E-state index contributed by atoms with van der Waals surface area (Å²) in [6, 6.07) is 0.221. The van der Waals surface area contributed by atoms with Gasteiger partial charge in [0.2, 0.25) is 0 Å². The van der Waals surface area contributed by atoms with Crippen LogP contribution in [0.15, 0.2) is 0 Å². The first-order valence-corrected chi connectivity index (χ1v) is 6.88. The Balaban J connectivity index is 2.38. The Morgan fingerprint density at radius 2 is 2.24 bits per heavy atom. The van der Waals surface area contributed by atoms with E-state index in [1.54, 1.807) is 0 Å². The van der Waals surface area contributed by atoms with E-state index in [1.807, 2.05) is 6.92 Å². The summed E-state index contributed by atoms with van der Waals surface area (Å²) >= 11 is 0. The van der Waals surface area contributed by atoms with Crippen molar-refractivity contribution in [2.24, 2.45) is 11.8 Å². The fraction of sp³-hybridized carbons (Fsp3) is 1.00. The summed E-state index contributed by atoms with van der Waals surface area (Å²) in [5, 5.41) is 0. The van der Waals surface area contributed by atoms with Crippen LogP contribution in [-0.4, -0.2) is 31.5 Å². The van der Waals surface area contributed by atoms with Crippen molar-refractivity contribution in [1.82, 2.24) is 5.43 Å². The van der Waals surface area contributed by atoms with Crippen LogP contribution in [0.4, 0.5) is 0 Å². The molecule has 0 aromatic carbocycles. The zero-order valence-corrected chi connectivity index (χ0v) is 11.4. The highest BCUT2D eigenvalue weighted by atomic mass is 16.5. The Morgan fingerprint density at radius 3 is 2.71 bits per heavy atom. The molecule has 0 spiro atoms. The Labute approximate surface area is 105 Å². The Bertz CT molecular complexity index is 194. The monoisotopic (exact) mass is 244 g/mol. The molecule has 1 aliphatic heterocycles. The van der Waals surface area contributed by atoms with E-state index < -0.39 is 0 Å². The lowest BCUT2D eigenvalue weighted by Crippen LogP contribution is -2.47. The number of hydrogen-bond acceptors (Lipinski definition) is 4. The van der Waals surface area contributed by atoms with Crippen LogP contribution in [0, 0.1) is 5.92 Å². The number of nitrogens with two attached hydrogens (primary N) is 1. The predicted octanol–water partition coefficient (Wildman–Crippen LogP) is 1.84. The van der Waals surface area contributed by atoms with E-state index in [-0.39, 0.29) is 12.1 Å². The molecule has 1 fully saturated rings. The molecule has 1 rings (SSSR count). The molecule has 1 aliphatic rings. The summed E-state index contributed by atoms with van der Waals surface area (Å²) in [5.74, 6) is 6.13. The molecule has 3 unspecified atom stereocenters. The fourth-order valence-electron chi connectivity index (χ4n) is 2.55. The average molecular weight is 244 g/mol. The first-order valence-electron chi connectivity index (χ1n) is 6.88. The van der Waals surface area contributed by atoms with Crippen molar-refractivity contribution >= 4 is 0 Å². The maximum atomic E-state index is 5.79. The van der Waals surface area contributed by atoms with Crippen molar-refractivity contribution in [2.45, 2.75) is 64.7 Å². The normalized spacial score (nSPS) is 24.2. The molecule has 3 N–H and O–H groups in total. The Morgan fingerprint density at radius 1 is 1.47 bits per heavy atom. The van der Waals surface area contributed by atoms with Gasteiger partial charge >= 0.3 is 0 Å². The van der Waals surface area contributed by atoms with Gasteiger partial charge in [-0.25, -0.2) is 0 Å². The fourth-order valence-corrected chi connectivity index (χ4v) is 2.55. The van der Waals surface area contributed by atoms with E-state index in [1.165, 1.54) is 12.8 Å². The van der Waals surface area contributed by atoms with Crippen molar-refractivity contribution in [2.75, 3.05) is 13.2 Å². The van der Waals surface area contributed by atoms with Gasteiger partial charge in [-0.1, -0.05) is 13.8 Å². The Hall–Kier alpha value is -0.160. The molecule has 0 aliphatic carbocycles. The summed E-state index contributed by atoms with van der Waals surface area (Å²) in [5.41, 5.74) is 2.91. The van der Waals surface area contributed by atoms with E-state index in [9.17, 15) is 0 Å². The molecule has 0 aromatic rings. The summed E-state index contributed by atoms with van der Waals surface area (Å²) in [6.45, 7) is 8.04. The largest absolute Gasteiger partial charge is 0.378 e. The van der Waals surface area contributed by atoms with Crippen molar-refractivity contribution in [1.29, 1.82) is 0 Å². The average Bonchev–Trinajstić information content (AvgIpc) is 2.81. The molecule has 0 aromatic heterocycles. The quantitative estimate of drug-likeness (QED) is 0.505. The first kappa shape index (κ1) is 14.9. The summed E-state index contributed by atoms with van der Waals surface area (Å²) in [6.07, 6.45) is 5.10. The van der Waals surface area contributed by atoms with Crippen LogP contribution < -0.4 is 11.3 Å². The van der Waals surface area contributed by atoms with Crippen molar-refractivity contribution in [3.05, 3.63) is 0 Å². The van der Waals surface area contributed by atoms with E-state index in [4.69, 9.17) is 15.3 Å². The van der Waals surface area contributed by atoms with Gasteiger partial charge in [0.1, 0.15) is 0 Å². The Kier molecular flexibility index (Phi) is 7.04. The molecule has 4 heteroatoms. The minimum absolute atomic E-state index is 0.186. The topological polar surface area (TPSA) is 56.5 Å². The van der Waals surface area contributed by atoms with Crippen LogP contribution in [0.1, 0.15) is 46.5 Å². The van der Waals surface area contributed by atoms with Crippen LogP contribution in [0.2, 0.25) is 0 Å². The lowest BCUT2D eigenvalue weighted by Gasteiger charge is -2.30. The van der Waals surface area contributed by atoms with E-state index >= 15 is 0 Å². The lowest BCUT2D eigenvalue weighted by molar-refractivity contribution is -0.00304. The van der Waals surface area contributed by atoms with Crippen molar-refractivity contribution in [3.63, 3.8) is 0 Å².